The highest BCUT2D eigenvalue weighted by Gasteiger charge is 2.20. The van der Waals surface area contributed by atoms with Crippen LogP contribution in [0.4, 0.5) is 5.13 Å². The average molecular weight is 415 g/mol. The van der Waals surface area contributed by atoms with E-state index in [-0.39, 0.29) is 4.90 Å². The number of rotatable bonds is 6. The van der Waals surface area contributed by atoms with Crippen molar-refractivity contribution in [2.24, 2.45) is 0 Å². The molecule has 2 aromatic carbocycles. The number of sulfone groups is 1. The van der Waals surface area contributed by atoms with Crippen molar-refractivity contribution in [3.63, 3.8) is 0 Å². The van der Waals surface area contributed by atoms with Crippen molar-refractivity contribution in [1.82, 2.24) is 4.98 Å². The summed E-state index contributed by atoms with van der Waals surface area (Å²) in [4.78, 5) is 16.7. The molecule has 3 rings (SSSR count). The summed E-state index contributed by atoms with van der Waals surface area (Å²) in [6, 6.07) is 14.6. The summed E-state index contributed by atoms with van der Waals surface area (Å²) >= 11 is 1.27. The molecule has 1 heterocycles. The van der Waals surface area contributed by atoms with Crippen LogP contribution in [0.5, 0.6) is 0 Å². The highest BCUT2D eigenvalue weighted by atomic mass is 32.2. The van der Waals surface area contributed by atoms with Crippen LogP contribution in [0.2, 0.25) is 0 Å². The molecule has 1 N–H and O–H groups in total. The monoisotopic (exact) mass is 414 g/mol. The van der Waals surface area contributed by atoms with Gasteiger partial charge in [-0.05, 0) is 30.5 Å². The van der Waals surface area contributed by atoms with Crippen LogP contribution in [0.3, 0.4) is 0 Å². The maximum Gasteiger partial charge on any atom is 0.241 e. The average Bonchev–Trinajstić information content (AvgIpc) is 3.10. The fourth-order valence-corrected chi connectivity index (χ4v) is 4.53. The Bertz CT molecular complexity index is 1070. The summed E-state index contributed by atoms with van der Waals surface area (Å²) in [5.74, 6) is -0.764. The van der Waals surface area contributed by atoms with Crippen LogP contribution in [0, 0.1) is 6.92 Å². The number of hydrogen-bond donors (Lipinski definition) is 1. The standard InChI is InChI=1S/C21H22N2O3S2/c1-14(2)16-6-8-17(9-7-16)19-12-27-21(22-19)23-20(24)13-28(25,26)18-10-4-15(3)5-11-18/h4-12,14H,13H2,1-3H3,(H,22,23,24). The van der Waals surface area contributed by atoms with E-state index in [4.69, 9.17) is 0 Å². The lowest BCUT2D eigenvalue weighted by molar-refractivity contribution is -0.113. The first kappa shape index (κ1) is 20.2. The van der Waals surface area contributed by atoms with Crippen molar-refractivity contribution < 1.29 is 13.2 Å². The first-order valence-electron chi connectivity index (χ1n) is 8.90. The molecule has 1 amide bonds. The molecule has 3 aromatic rings. The molecular formula is C21H22N2O3S2. The van der Waals surface area contributed by atoms with Crippen LogP contribution in [0.1, 0.15) is 30.9 Å². The Hall–Kier alpha value is -2.51. The smallest absolute Gasteiger partial charge is 0.241 e. The molecule has 5 nitrogen and oxygen atoms in total. The Morgan fingerprint density at radius 2 is 1.71 bits per heavy atom. The first-order valence-corrected chi connectivity index (χ1v) is 11.4. The number of hydrogen-bond acceptors (Lipinski definition) is 5. The molecule has 7 heteroatoms. The van der Waals surface area contributed by atoms with E-state index in [1.54, 1.807) is 12.1 Å². The van der Waals surface area contributed by atoms with Crippen molar-refractivity contribution in [3.05, 3.63) is 65.0 Å². The zero-order valence-electron chi connectivity index (χ0n) is 16.0. The molecule has 0 aliphatic rings. The molecule has 1 aromatic heterocycles. The third kappa shape index (κ3) is 4.85. The van der Waals surface area contributed by atoms with Crippen LogP contribution in [0.15, 0.2) is 58.8 Å². The molecule has 0 unspecified atom stereocenters. The van der Waals surface area contributed by atoms with Gasteiger partial charge in [-0.25, -0.2) is 13.4 Å². The number of carbonyl (C=O) groups is 1. The normalized spacial score (nSPS) is 11.6. The minimum Gasteiger partial charge on any atom is -0.301 e. The van der Waals surface area contributed by atoms with E-state index in [0.717, 1.165) is 16.8 Å². The Labute approximate surface area is 169 Å². The van der Waals surface area contributed by atoms with Gasteiger partial charge < -0.3 is 5.32 Å². The maximum atomic E-state index is 12.4. The summed E-state index contributed by atoms with van der Waals surface area (Å²) in [5.41, 5.74) is 3.90. The van der Waals surface area contributed by atoms with Gasteiger partial charge in [0.25, 0.3) is 0 Å². The van der Waals surface area contributed by atoms with Gasteiger partial charge in [-0.1, -0.05) is 55.8 Å². The third-order valence-corrected chi connectivity index (χ3v) is 6.72. The van der Waals surface area contributed by atoms with Crippen LogP contribution < -0.4 is 5.32 Å². The molecule has 0 bridgehead atoms. The number of anilines is 1. The van der Waals surface area contributed by atoms with Crippen molar-refractivity contribution in [2.75, 3.05) is 11.1 Å². The topological polar surface area (TPSA) is 76.1 Å². The van der Waals surface area contributed by atoms with Gasteiger partial charge in [0, 0.05) is 10.9 Å². The van der Waals surface area contributed by atoms with Crippen molar-refractivity contribution in [1.29, 1.82) is 0 Å². The number of benzene rings is 2. The Balaban J connectivity index is 1.67. The summed E-state index contributed by atoms with van der Waals surface area (Å²) < 4.78 is 24.8. The number of carbonyl (C=O) groups excluding carboxylic acids is 1. The summed E-state index contributed by atoms with van der Waals surface area (Å²) in [5, 5.41) is 4.81. The molecule has 0 saturated heterocycles. The molecular weight excluding hydrogens is 392 g/mol. The van der Waals surface area contributed by atoms with Gasteiger partial charge >= 0.3 is 0 Å². The van der Waals surface area contributed by atoms with E-state index in [1.165, 1.54) is 29.0 Å². The number of aryl methyl sites for hydroxylation is 1. The predicted octanol–water partition coefficient (Wildman–Crippen LogP) is 4.65. The fourth-order valence-electron chi connectivity index (χ4n) is 2.66. The maximum absolute atomic E-state index is 12.4. The quantitative estimate of drug-likeness (QED) is 0.637. The number of thiazole rings is 1. The largest absolute Gasteiger partial charge is 0.301 e. The van der Waals surface area contributed by atoms with Gasteiger partial charge in [0.2, 0.25) is 5.91 Å². The lowest BCUT2D eigenvalue weighted by Crippen LogP contribution is -2.22. The fraction of sp³-hybridized carbons (Fsp3) is 0.238. The van der Waals surface area contributed by atoms with Crippen molar-refractivity contribution in [2.45, 2.75) is 31.6 Å². The van der Waals surface area contributed by atoms with Crippen molar-refractivity contribution in [3.8, 4) is 11.3 Å². The molecule has 0 aliphatic carbocycles. The molecule has 0 fully saturated rings. The second-order valence-electron chi connectivity index (χ2n) is 6.93. The van der Waals surface area contributed by atoms with E-state index < -0.39 is 21.5 Å². The van der Waals surface area contributed by atoms with E-state index in [0.29, 0.717) is 11.0 Å². The van der Waals surface area contributed by atoms with Gasteiger partial charge in [0.15, 0.2) is 15.0 Å². The molecule has 146 valence electrons. The second-order valence-corrected chi connectivity index (χ2v) is 9.78. The van der Waals surface area contributed by atoms with Crippen LogP contribution in [0.25, 0.3) is 11.3 Å². The Morgan fingerprint density at radius 1 is 1.07 bits per heavy atom. The van der Waals surface area contributed by atoms with E-state index >= 15 is 0 Å². The SMILES string of the molecule is Cc1ccc(S(=O)(=O)CC(=O)Nc2nc(-c3ccc(C(C)C)cc3)cs2)cc1. The summed E-state index contributed by atoms with van der Waals surface area (Å²) in [7, 11) is -3.69. The molecule has 0 saturated carbocycles. The number of nitrogens with one attached hydrogen (secondary N) is 1. The van der Waals surface area contributed by atoms with Gasteiger partial charge in [-0.2, -0.15) is 0 Å². The number of aromatic nitrogens is 1. The van der Waals surface area contributed by atoms with Gasteiger partial charge in [0.1, 0.15) is 5.75 Å². The van der Waals surface area contributed by atoms with E-state index in [2.05, 4.69) is 36.3 Å². The Kier molecular flexibility index (Phi) is 5.96. The van der Waals surface area contributed by atoms with Gasteiger partial charge in [0.05, 0.1) is 10.6 Å². The zero-order valence-corrected chi connectivity index (χ0v) is 17.6. The predicted molar refractivity (Wildman–Crippen MR) is 114 cm³/mol. The second kappa shape index (κ2) is 8.24. The molecule has 0 aliphatic heterocycles. The van der Waals surface area contributed by atoms with Crippen LogP contribution >= 0.6 is 11.3 Å². The highest BCUT2D eigenvalue weighted by molar-refractivity contribution is 7.92. The third-order valence-electron chi connectivity index (χ3n) is 4.32. The minimum atomic E-state index is -3.69. The van der Waals surface area contributed by atoms with Crippen LogP contribution in [-0.4, -0.2) is 25.1 Å². The summed E-state index contributed by atoms with van der Waals surface area (Å²) in [6.45, 7) is 6.14. The molecule has 0 spiro atoms. The lowest BCUT2D eigenvalue weighted by atomic mass is 10.0. The zero-order chi connectivity index (χ0) is 20.3. The van der Waals surface area contributed by atoms with Gasteiger partial charge in [-0.15, -0.1) is 11.3 Å². The molecule has 0 radical (unpaired) electrons. The van der Waals surface area contributed by atoms with Crippen LogP contribution in [-0.2, 0) is 14.6 Å². The highest BCUT2D eigenvalue weighted by Crippen LogP contribution is 2.26. The molecule has 0 atom stereocenters. The van der Waals surface area contributed by atoms with Gasteiger partial charge in [-0.3, -0.25) is 4.79 Å². The van der Waals surface area contributed by atoms with E-state index in [1.807, 2.05) is 24.4 Å². The lowest BCUT2D eigenvalue weighted by Gasteiger charge is -2.06. The summed E-state index contributed by atoms with van der Waals surface area (Å²) in [6.07, 6.45) is 0. The van der Waals surface area contributed by atoms with Crippen molar-refractivity contribution >= 4 is 32.2 Å². The number of amides is 1. The number of nitrogens with zero attached hydrogens (tertiary/aromatic N) is 1. The first-order chi connectivity index (χ1) is 13.2. The minimum absolute atomic E-state index is 0.137. The van der Waals surface area contributed by atoms with E-state index in [9.17, 15) is 13.2 Å². The Morgan fingerprint density at radius 3 is 2.32 bits per heavy atom. The molecule has 28 heavy (non-hydrogen) atoms.